The Morgan fingerprint density at radius 1 is 1.04 bits per heavy atom. The smallest absolute Gasteiger partial charge is 0.243 e. The van der Waals surface area contributed by atoms with Crippen molar-refractivity contribution < 1.29 is 8.42 Å². The molecule has 0 bridgehead atoms. The third-order valence-corrected chi connectivity index (χ3v) is 6.46. The van der Waals surface area contributed by atoms with Gasteiger partial charge in [-0.25, -0.2) is 8.42 Å². The van der Waals surface area contributed by atoms with Gasteiger partial charge in [-0.3, -0.25) is 0 Å². The van der Waals surface area contributed by atoms with E-state index in [1.54, 1.807) is 24.3 Å². The second-order valence-electron chi connectivity index (χ2n) is 5.65. The van der Waals surface area contributed by atoms with Crippen LogP contribution in [0.2, 0.25) is 0 Å². The first kappa shape index (κ1) is 18.1. The number of aromatic nitrogens is 2. The lowest BCUT2D eigenvalue weighted by atomic mass is 10.3. The third-order valence-electron chi connectivity index (χ3n) is 4.02. The number of sulfonamides is 1. The Bertz CT molecular complexity index is 803. The molecule has 2 aromatic rings. The maximum atomic E-state index is 12.7. The molecule has 1 N–H and O–H groups in total. The molecular weight excluding hydrogens is 406 g/mol. The number of benzene rings is 1. The van der Waals surface area contributed by atoms with E-state index in [1.807, 2.05) is 19.1 Å². The molecule has 0 aliphatic carbocycles. The highest BCUT2D eigenvalue weighted by atomic mass is 79.9. The summed E-state index contributed by atoms with van der Waals surface area (Å²) in [6.45, 7) is 4.82. The number of rotatable bonds is 5. The Kier molecular flexibility index (Phi) is 5.55. The molecule has 3 rings (SSSR count). The van der Waals surface area contributed by atoms with Crippen molar-refractivity contribution in [3.05, 3.63) is 40.9 Å². The maximum Gasteiger partial charge on any atom is 0.243 e. The molecule has 0 amide bonds. The predicted molar refractivity (Wildman–Crippen MR) is 101 cm³/mol. The van der Waals surface area contributed by atoms with Gasteiger partial charge in [0.15, 0.2) is 5.82 Å². The van der Waals surface area contributed by atoms with Gasteiger partial charge in [-0.1, -0.05) is 15.9 Å². The second kappa shape index (κ2) is 7.67. The summed E-state index contributed by atoms with van der Waals surface area (Å²) in [6.07, 6.45) is 0. The lowest BCUT2D eigenvalue weighted by Crippen LogP contribution is -2.49. The van der Waals surface area contributed by atoms with Crippen LogP contribution in [0.3, 0.4) is 0 Å². The summed E-state index contributed by atoms with van der Waals surface area (Å²) >= 11 is 3.32. The van der Waals surface area contributed by atoms with Gasteiger partial charge in [-0.2, -0.15) is 4.31 Å². The Labute approximate surface area is 156 Å². The molecule has 1 aliphatic heterocycles. The number of hydrogen-bond donors (Lipinski definition) is 1. The molecule has 1 saturated heterocycles. The van der Waals surface area contributed by atoms with Crippen LogP contribution in [0.5, 0.6) is 0 Å². The molecule has 134 valence electrons. The molecule has 7 nitrogen and oxygen atoms in total. The fraction of sp³-hybridized carbons (Fsp3) is 0.375. The zero-order chi connectivity index (χ0) is 17.9. The van der Waals surface area contributed by atoms with E-state index < -0.39 is 10.0 Å². The van der Waals surface area contributed by atoms with E-state index in [-0.39, 0.29) is 0 Å². The molecule has 1 aromatic carbocycles. The highest BCUT2D eigenvalue weighted by molar-refractivity contribution is 9.10. The van der Waals surface area contributed by atoms with Gasteiger partial charge in [0.25, 0.3) is 0 Å². The van der Waals surface area contributed by atoms with Gasteiger partial charge in [0, 0.05) is 37.2 Å². The minimum atomic E-state index is -3.46. The summed E-state index contributed by atoms with van der Waals surface area (Å²) in [5, 5.41) is 11.4. The molecule has 25 heavy (non-hydrogen) atoms. The molecule has 1 fully saturated rings. The average molecular weight is 426 g/mol. The Morgan fingerprint density at radius 2 is 1.72 bits per heavy atom. The van der Waals surface area contributed by atoms with Gasteiger partial charge in [-0.05, 0) is 43.3 Å². The van der Waals surface area contributed by atoms with Crippen LogP contribution in [-0.4, -0.2) is 55.6 Å². The van der Waals surface area contributed by atoms with Crippen LogP contribution in [-0.2, 0) is 10.0 Å². The van der Waals surface area contributed by atoms with Gasteiger partial charge < -0.3 is 10.2 Å². The number of hydrogen-bond acceptors (Lipinski definition) is 6. The minimum absolute atomic E-state index is 0.318. The van der Waals surface area contributed by atoms with Crippen LogP contribution in [0, 0.1) is 0 Å². The van der Waals surface area contributed by atoms with Crippen molar-refractivity contribution >= 4 is 37.6 Å². The SMILES string of the molecule is CCNc1ccc(N2CCN(S(=O)(=O)c3ccc(Br)cc3)CC2)nn1. The number of anilines is 2. The molecule has 2 heterocycles. The topological polar surface area (TPSA) is 78.4 Å². The number of nitrogens with zero attached hydrogens (tertiary/aromatic N) is 4. The zero-order valence-corrected chi connectivity index (χ0v) is 16.3. The summed E-state index contributed by atoms with van der Waals surface area (Å²) in [5.74, 6) is 1.50. The number of nitrogens with one attached hydrogen (secondary N) is 1. The van der Waals surface area contributed by atoms with E-state index in [9.17, 15) is 8.42 Å². The highest BCUT2D eigenvalue weighted by Crippen LogP contribution is 2.21. The van der Waals surface area contributed by atoms with E-state index >= 15 is 0 Å². The molecule has 1 aliphatic rings. The van der Waals surface area contributed by atoms with E-state index in [2.05, 4.69) is 36.3 Å². The van der Waals surface area contributed by atoms with E-state index in [0.29, 0.717) is 31.1 Å². The van der Waals surface area contributed by atoms with Crippen molar-refractivity contribution in [2.75, 3.05) is 42.9 Å². The fourth-order valence-electron chi connectivity index (χ4n) is 2.68. The van der Waals surface area contributed by atoms with Crippen molar-refractivity contribution in [2.24, 2.45) is 0 Å². The van der Waals surface area contributed by atoms with Crippen LogP contribution in [0.4, 0.5) is 11.6 Å². The van der Waals surface area contributed by atoms with Gasteiger partial charge in [0.2, 0.25) is 10.0 Å². The van der Waals surface area contributed by atoms with Crippen molar-refractivity contribution in [1.82, 2.24) is 14.5 Å². The molecule has 0 radical (unpaired) electrons. The van der Waals surface area contributed by atoms with Crippen LogP contribution in [0.15, 0.2) is 45.8 Å². The second-order valence-corrected chi connectivity index (χ2v) is 8.51. The third kappa shape index (κ3) is 4.10. The Hall–Kier alpha value is -1.71. The first-order valence-electron chi connectivity index (χ1n) is 8.09. The largest absolute Gasteiger partial charge is 0.369 e. The van der Waals surface area contributed by atoms with Crippen molar-refractivity contribution in [3.63, 3.8) is 0 Å². The quantitative estimate of drug-likeness (QED) is 0.790. The average Bonchev–Trinajstić information content (AvgIpc) is 2.63. The lowest BCUT2D eigenvalue weighted by Gasteiger charge is -2.34. The molecule has 0 atom stereocenters. The molecule has 0 spiro atoms. The highest BCUT2D eigenvalue weighted by Gasteiger charge is 2.28. The van der Waals surface area contributed by atoms with E-state index in [1.165, 1.54) is 4.31 Å². The fourth-order valence-corrected chi connectivity index (χ4v) is 4.37. The zero-order valence-electron chi connectivity index (χ0n) is 13.9. The molecular formula is C16H20BrN5O2S. The van der Waals surface area contributed by atoms with Crippen LogP contribution >= 0.6 is 15.9 Å². The molecule has 1 aromatic heterocycles. The Morgan fingerprint density at radius 3 is 2.28 bits per heavy atom. The lowest BCUT2D eigenvalue weighted by molar-refractivity contribution is 0.383. The molecule has 9 heteroatoms. The van der Waals surface area contributed by atoms with Crippen LogP contribution in [0.25, 0.3) is 0 Å². The van der Waals surface area contributed by atoms with Gasteiger partial charge in [-0.15, -0.1) is 10.2 Å². The van der Waals surface area contributed by atoms with Crippen molar-refractivity contribution in [2.45, 2.75) is 11.8 Å². The van der Waals surface area contributed by atoms with Crippen molar-refractivity contribution in [1.29, 1.82) is 0 Å². The van der Waals surface area contributed by atoms with Crippen LogP contribution in [0.1, 0.15) is 6.92 Å². The molecule has 0 saturated carbocycles. The van der Waals surface area contributed by atoms with E-state index in [0.717, 1.165) is 22.7 Å². The summed E-state index contributed by atoms with van der Waals surface area (Å²) < 4.78 is 27.8. The first-order valence-corrected chi connectivity index (χ1v) is 10.3. The maximum absolute atomic E-state index is 12.7. The summed E-state index contributed by atoms with van der Waals surface area (Å²) in [6, 6.07) is 10.5. The summed E-state index contributed by atoms with van der Waals surface area (Å²) in [5.41, 5.74) is 0. The van der Waals surface area contributed by atoms with Crippen LogP contribution < -0.4 is 10.2 Å². The summed E-state index contributed by atoms with van der Waals surface area (Å²) in [4.78, 5) is 2.37. The van der Waals surface area contributed by atoms with E-state index in [4.69, 9.17) is 0 Å². The van der Waals surface area contributed by atoms with Crippen molar-refractivity contribution in [3.8, 4) is 0 Å². The predicted octanol–water partition coefficient (Wildman–Crippen LogP) is 2.18. The monoisotopic (exact) mass is 425 g/mol. The standard InChI is InChI=1S/C16H20BrN5O2S/c1-2-18-15-7-8-16(20-19-15)21-9-11-22(12-10-21)25(23,24)14-5-3-13(17)4-6-14/h3-8H,2,9-12H2,1H3,(H,18,19). The number of halogens is 1. The van der Waals surface area contributed by atoms with Gasteiger partial charge in [0.05, 0.1) is 4.90 Å². The van der Waals surface area contributed by atoms with Gasteiger partial charge in [0.1, 0.15) is 5.82 Å². The Balaban J connectivity index is 1.65. The first-order chi connectivity index (χ1) is 12.0. The summed E-state index contributed by atoms with van der Waals surface area (Å²) in [7, 11) is -3.46. The molecule has 0 unspecified atom stereocenters. The van der Waals surface area contributed by atoms with Gasteiger partial charge >= 0.3 is 0 Å². The number of piperazine rings is 1. The minimum Gasteiger partial charge on any atom is -0.369 e. The normalized spacial score (nSPS) is 16.0.